The number of benzene rings is 1. The van der Waals surface area contributed by atoms with Crippen molar-refractivity contribution in [3.05, 3.63) is 64.4 Å². The SMILES string of the molecule is Cc1ccc(CC(O)c2cccnc2)c(Cl)c1. The molecule has 0 saturated carbocycles. The maximum Gasteiger partial charge on any atom is 0.0845 e. The van der Waals surface area contributed by atoms with Gasteiger partial charge in [0.1, 0.15) is 0 Å². The molecule has 0 aliphatic rings. The lowest BCUT2D eigenvalue weighted by Gasteiger charge is -2.12. The smallest absolute Gasteiger partial charge is 0.0845 e. The highest BCUT2D eigenvalue weighted by molar-refractivity contribution is 6.31. The van der Waals surface area contributed by atoms with Crippen LogP contribution in [-0.2, 0) is 6.42 Å². The molecule has 0 aliphatic carbocycles. The maximum absolute atomic E-state index is 10.1. The van der Waals surface area contributed by atoms with E-state index >= 15 is 0 Å². The molecule has 2 rings (SSSR count). The van der Waals surface area contributed by atoms with Crippen molar-refractivity contribution in [3.8, 4) is 0 Å². The fourth-order valence-corrected chi connectivity index (χ4v) is 2.03. The molecule has 1 N–H and O–H groups in total. The molecule has 2 aromatic rings. The van der Waals surface area contributed by atoms with E-state index in [0.717, 1.165) is 16.7 Å². The molecule has 0 amide bonds. The average Bonchev–Trinajstić information content (AvgIpc) is 2.34. The molecule has 0 aliphatic heterocycles. The Morgan fingerprint density at radius 3 is 2.82 bits per heavy atom. The van der Waals surface area contributed by atoms with Crippen LogP contribution in [0.15, 0.2) is 42.7 Å². The third kappa shape index (κ3) is 3.05. The summed E-state index contributed by atoms with van der Waals surface area (Å²) in [7, 11) is 0. The number of pyridine rings is 1. The predicted molar refractivity (Wildman–Crippen MR) is 69.1 cm³/mol. The Morgan fingerprint density at radius 1 is 1.35 bits per heavy atom. The molecule has 0 bridgehead atoms. The normalized spacial score (nSPS) is 12.4. The lowest BCUT2D eigenvalue weighted by molar-refractivity contribution is 0.178. The largest absolute Gasteiger partial charge is 0.388 e. The van der Waals surface area contributed by atoms with E-state index in [4.69, 9.17) is 11.6 Å². The van der Waals surface area contributed by atoms with Gasteiger partial charge in [0.05, 0.1) is 6.10 Å². The van der Waals surface area contributed by atoms with Crippen LogP contribution in [0.5, 0.6) is 0 Å². The first-order chi connectivity index (χ1) is 8.16. The molecular formula is C14H14ClNO. The van der Waals surface area contributed by atoms with Gasteiger partial charge in [-0.05, 0) is 35.7 Å². The Hall–Kier alpha value is -1.38. The van der Waals surface area contributed by atoms with Crippen LogP contribution < -0.4 is 0 Å². The van der Waals surface area contributed by atoms with Gasteiger partial charge in [-0.3, -0.25) is 4.98 Å². The molecule has 3 heteroatoms. The van der Waals surface area contributed by atoms with Gasteiger partial charge in [-0.15, -0.1) is 0 Å². The number of hydrogen-bond acceptors (Lipinski definition) is 2. The van der Waals surface area contributed by atoms with Gasteiger partial charge in [0.15, 0.2) is 0 Å². The van der Waals surface area contributed by atoms with Gasteiger partial charge in [0.25, 0.3) is 0 Å². The Morgan fingerprint density at radius 2 is 2.18 bits per heavy atom. The summed E-state index contributed by atoms with van der Waals surface area (Å²) in [6.45, 7) is 1.99. The van der Waals surface area contributed by atoms with E-state index in [1.807, 2.05) is 37.3 Å². The summed E-state index contributed by atoms with van der Waals surface area (Å²) < 4.78 is 0. The summed E-state index contributed by atoms with van der Waals surface area (Å²) >= 11 is 6.13. The van der Waals surface area contributed by atoms with Crippen molar-refractivity contribution >= 4 is 11.6 Å². The second-order valence-corrected chi connectivity index (χ2v) is 4.51. The Labute approximate surface area is 106 Å². The molecular weight excluding hydrogens is 234 g/mol. The minimum absolute atomic E-state index is 0.505. The van der Waals surface area contributed by atoms with Crippen LogP contribution in [0.4, 0.5) is 0 Å². The van der Waals surface area contributed by atoms with Crippen molar-refractivity contribution in [2.45, 2.75) is 19.4 Å². The van der Waals surface area contributed by atoms with Gasteiger partial charge >= 0.3 is 0 Å². The second kappa shape index (κ2) is 5.30. The Balaban J connectivity index is 2.16. The fourth-order valence-electron chi connectivity index (χ4n) is 1.72. The van der Waals surface area contributed by atoms with Crippen molar-refractivity contribution in [1.29, 1.82) is 0 Å². The second-order valence-electron chi connectivity index (χ2n) is 4.10. The summed E-state index contributed by atoms with van der Waals surface area (Å²) in [6.07, 6.45) is 3.30. The minimum Gasteiger partial charge on any atom is -0.388 e. The number of rotatable bonds is 3. The molecule has 1 atom stereocenters. The van der Waals surface area contributed by atoms with Crippen LogP contribution >= 0.6 is 11.6 Å². The molecule has 0 spiro atoms. The van der Waals surface area contributed by atoms with Crippen molar-refractivity contribution in [2.24, 2.45) is 0 Å². The van der Waals surface area contributed by atoms with E-state index in [1.165, 1.54) is 0 Å². The lowest BCUT2D eigenvalue weighted by Crippen LogP contribution is -2.02. The lowest BCUT2D eigenvalue weighted by atomic mass is 10.0. The van der Waals surface area contributed by atoms with Crippen LogP contribution in [0, 0.1) is 6.92 Å². The van der Waals surface area contributed by atoms with Gasteiger partial charge < -0.3 is 5.11 Å². The molecule has 0 radical (unpaired) electrons. The monoisotopic (exact) mass is 247 g/mol. The third-order valence-corrected chi connectivity index (χ3v) is 3.04. The summed E-state index contributed by atoms with van der Waals surface area (Å²) in [6, 6.07) is 9.54. The Kier molecular flexibility index (Phi) is 3.77. The number of hydrogen-bond donors (Lipinski definition) is 1. The molecule has 1 aromatic heterocycles. The number of aryl methyl sites for hydroxylation is 1. The first-order valence-electron chi connectivity index (χ1n) is 5.50. The first kappa shape index (κ1) is 12.1. The van der Waals surface area contributed by atoms with E-state index in [0.29, 0.717) is 11.4 Å². The standard InChI is InChI=1S/C14H14ClNO/c1-10-4-5-11(13(15)7-10)8-14(17)12-3-2-6-16-9-12/h2-7,9,14,17H,8H2,1H3. The number of aromatic nitrogens is 1. The zero-order valence-electron chi connectivity index (χ0n) is 9.60. The predicted octanol–water partition coefficient (Wildman–Crippen LogP) is 3.32. The van der Waals surface area contributed by atoms with Crippen molar-refractivity contribution in [2.75, 3.05) is 0 Å². The highest BCUT2D eigenvalue weighted by atomic mass is 35.5. The van der Waals surface area contributed by atoms with Crippen LogP contribution in [0.3, 0.4) is 0 Å². The van der Waals surface area contributed by atoms with Gasteiger partial charge in [0, 0.05) is 23.8 Å². The molecule has 0 fully saturated rings. The van der Waals surface area contributed by atoms with Crippen LogP contribution in [0.1, 0.15) is 22.8 Å². The molecule has 17 heavy (non-hydrogen) atoms. The zero-order chi connectivity index (χ0) is 12.3. The average molecular weight is 248 g/mol. The highest BCUT2D eigenvalue weighted by Gasteiger charge is 2.10. The number of aliphatic hydroxyl groups is 1. The quantitative estimate of drug-likeness (QED) is 0.903. The van der Waals surface area contributed by atoms with Crippen molar-refractivity contribution < 1.29 is 5.11 Å². The summed E-state index contributed by atoms with van der Waals surface area (Å²) in [4.78, 5) is 3.99. The molecule has 2 nitrogen and oxygen atoms in total. The molecule has 1 unspecified atom stereocenters. The van der Waals surface area contributed by atoms with Crippen LogP contribution in [-0.4, -0.2) is 10.1 Å². The van der Waals surface area contributed by atoms with Crippen LogP contribution in [0.25, 0.3) is 0 Å². The van der Waals surface area contributed by atoms with Crippen LogP contribution in [0.2, 0.25) is 5.02 Å². The molecule has 0 saturated heterocycles. The maximum atomic E-state index is 10.1. The van der Waals surface area contributed by atoms with Gasteiger partial charge in [0.2, 0.25) is 0 Å². The van der Waals surface area contributed by atoms with E-state index in [2.05, 4.69) is 4.98 Å². The number of halogens is 1. The van der Waals surface area contributed by atoms with E-state index in [1.54, 1.807) is 12.4 Å². The highest BCUT2D eigenvalue weighted by Crippen LogP contribution is 2.23. The van der Waals surface area contributed by atoms with Gasteiger partial charge in [-0.1, -0.05) is 29.8 Å². The van der Waals surface area contributed by atoms with Gasteiger partial charge in [-0.2, -0.15) is 0 Å². The van der Waals surface area contributed by atoms with E-state index in [-0.39, 0.29) is 0 Å². The third-order valence-electron chi connectivity index (χ3n) is 2.69. The molecule has 1 heterocycles. The van der Waals surface area contributed by atoms with Crippen molar-refractivity contribution in [3.63, 3.8) is 0 Å². The summed E-state index contributed by atoms with van der Waals surface area (Å²) in [5.41, 5.74) is 2.88. The topological polar surface area (TPSA) is 33.1 Å². The molecule has 1 aromatic carbocycles. The molecule has 88 valence electrons. The van der Waals surface area contributed by atoms with E-state index < -0.39 is 6.10 Å². The number of aliphatic hydroxyl groups excluding tert-OH is 1. The minimum atomic E-state index is -0.566. The zero-order valence-corrected chi connectivity index (χ0v) is 10.4. The first-order valence-corrected chi connectivity index (χ1v) is 5.87. The van der Waals surface area contributed by atoms with Crippen molar-refractivity contribution in [1.82, 2.24) is 4.98 Å². The summed E-state index contributed by atoms with van der Waals surface area (Å²) in [5.74, 6) is 0. The fraction of sp³-hybridized carbons (Fsp3) is 0.214. The number of nitrogens with zero attached hydrogens (tertiary/aromatic N) is 1. The van der Waals surface area contributed by atoms with E-state index in [9.17, 15) is 5.11 Å². The Bertz CT molecular complexity index is 499. The van der Waals surface area contributed by atoms with Gasteiger partial charge in [-0.25, -0.2) is 0 Å². The summed E-state index contributed by atoms with van der Waals surface area (Å²) in [5, 5.41) is 10.8.